The Kier molecular flexibility index (Phi) is 3.53. The second-order valence-electron chi connectivity index (χ2n) is 5.09. The molecule has 1 aliphatic rings. The minimum Gasteiger partial charge on any atom is -0.378 e. The van der Waals surface area contributed by atoms with Crippen LogP contribution in [0, 0.1) is 10.1 Å². The van der Waals surface area contributed by atoms with Crippen LogP contribution in [0.2, 0.25) is 5.02 Å². The molecule has 6 heteroatoms. The first-order chi connectivity index (χ1) is 10.1. The number of nitrogens with one attached hydrogen (secondary N) is 1. The maximum Gasteiger partial charge on any atom is 0.289 e. The summed E-state index contributed by atoms with van der Waals surface area (Å²) < 4.78 is 0. The Balaban J connectivity index is 1.89. The smallest absolute Gasteiger partial charge is 0.289 e. The van der Waals surface area contributed by atoms with E-state index in [0.717, 1.165) is 17.5 Å². The molecule has 0 fully saturated rings. The maximum absolute atomic E-state index is 10.9. The van der Waals surface area contributed by atoms with E-state index in [4.69, 9.17) is 17.3 Å². The van der Waals surface area contributed by atoms with Gasteiger partial charge in [-0.1, -0.05) is 35.9 Å². The summed E-state index contributed by atoms with van der Waals surface area (Å²) in [5.74, 6) is 0. The number of halogens is 1. The van der Waals surface area contributed by atoms with Crippen molar-refractivity contribution >= 4 is 23.0 Å². The van der Waals surface area contributed by atoms with Crippen molar-refractivity contribution in [1.82, 2.24) is 0 Å². The molecule has 21 heavy (non-hydrogen) atoms. The number of hydrogen-bond donors (Lipinski definition) is 2. The van der Waals surface area contributed by atoms with Crippen molar-refractivity contribution < 1.29 is 4.92 Å². The van der Waals surface area contributed by atoms with E-state index in [1.165, 1.54) is 12.1 Å². The van der Waals surface area contributed by atoms with Crippen molar-refractivity contribution in [2.24, 2.45) is 5.73 Å². The summed E-state index contributed by atoms with van der Waals surface area (Å²) in [6, 6.07) is 12.7. The number of nitro groups is 1. The molecular weight excluding hydrogens is 290 g/mol. The van der Waals surface area contributed by atoms with Gasteiger partial charge in [-0.2, -0.15) is 0 Å². The van der Waals surface area contributed by atoms with Crippen molar-refractivity contribution in [3.63, 3.8) is 0 Å². The summed E-state index contributed by atoms with van der Waals surface area (Å²) in [6.45, 7) is 0. The van der Waals surface area contributed by atoms with Crippen molar-refractivity contribution in [2.75, 3.05) is 5.32 Å². The van der Waals surface area contributed by atoms with Gasteiger partial charge in [0.2, 0.25) is 0 Å². The molecule has 0 amide bonds. The lowest BCUT2D eigenvalue weighted by Crippen LogP contribution is -2.10. The van der Waals surface area contributed by atoms with Gasteiger partial charge in [-0.05, 0) is 29.7 Å². The molecule has 1 aliphatic carbocycles. The minimum absolute atomic E-state index is 0.0130. The molecule has 0 aromatic heterocycles. The number of nitrogens with two attached hydrogens (primary N) is 1. The molecule has 0 spiro atoms. The van der Waals surface area contributed by atoms with Gasteiger partial charge < -0.3 is 11.1 Å². The maximum atomic E-state index is 10.9. The van der Waals surface area contributed by atoms with Crippen LogP contribution in [0.15, 0.2) is 42.5 Å². The summed E-state index contributed by atoms with van der Waals surface area (Å²) >= 11 is 5.82. The van der Waals surface area contributed by atoms with Crippen LogP contribution in [-0.2, 0) is 0 Å². The van der Waals surface area contributed by atoms with Gasteiger partial charge in [0.1, 0.15) is 5.02 Å². The van der Waals surface area contributed by atoms with Crippen LogP contribution in [0.5, 0.6) is 0 Å². The van der Waals surface area contributed by atoms with Gasteiger partial charge in [0.15, 0.2) is 0 Å². The topological polar surface area (TPSA) is 81.2 Å². The van der Waals surface area contributed by atoms with Crippen LogP contribution in [-0.4, -0.2) is 4.92 Å². The van der Waals surface area contributed by atoms with Gasteiger partial charge in [-0.25, -0.2) is 0 Å². The second-order valence-corrected chi connectivity index (χ2v) is 5.50. The molecule has 0 bridgehead atoms. The number of fused-ring (bicyclic) bond motifs is 1. The van der Waals surface area contributed by atoms with Crippen LogP contribution in [0.3, 0.4) is 0 Å². The number of hydrogen-bond acceptors (Lipinski definition) is 4. The normalized spacial score (nSPS) is 20.1. The molecule has 2 aromatic rings. The van der Waals surface area contributed by atoms with E-state index in [2.05, 4.69) is 5.32 Å². The highest BCUT2D eigenvalue weighted by atomic mass is 35.5. The zero-order valence-electron chi connectivity index (χ0n) is 11.1. The summed E-state index contributed by atoms with van der Waals surface area (Å²) in [6.07, 6.45) is 0.760. The number of anilines is 1. The van der Waals surface area contributed by atoms with E-state index < -0.39 is 4.92 Å². The highest BCUT2D eigenvalue weighted by Gasteiger charge is 2.28. The van der Waals surface area contributed by atoms with E-state index in [-0.39, 0.29) is 22.8 Å². The monoisotopic (exact) mass is 303 g/mol. The van der Waals surface area contributed by atoms with E-state index in [0.29, 0.717) is 5.69 Å². The third kappa shape index (κ3) is 2.57. The Hall–Kier alpha value is -2.11. The molecule has 0 saturated heterocycles. The number of benzene rings is 2. The summed E-state index contributed by atoms with van der Waals surface area (Å²) in [7, 11) is 0. The first kappa shape index (κ1) is 13.9. The van der Waals surface area contributed by atoms with E-state index in [9.17, 15) is 10.1 Å². The largest absolute Gasteiger partial charge is 0.378 e. The van der Waals surface area contributed by atoms with Crippen LogP contribution in [0.25, 0.3) is 0 Å². The molecule has 2 atom stereocenters. The van der Waals surface area contributed by atoms with Crippen molar-refractivity contribution in [2.45, 2.75) is 18.5 Å². The molecule has 0 heterocycles. The van der Waals surface area contributed by atoms with Gasteiger partial charge in [0.05, 0.1) is 11.0 Å². The van der Waals surface area contributed by atoms with Crippen molar-refractivity contribution in [1.29, 1.82) is 0 Å². The Morgan fingerprint density at radius 1 is 1.24 bits per heavy atom. The van der Waals surface area contributed by atoms with Crippen LogP contribution in [0.1, 0.15) is 29.6 Å². The van der Waals surface area contributed by atoms with Crippen molar-refractivity contribution in [3.8, 4) is 0 Å². The molecule has 0 radical (unpaired) electrons. The molecule has 3 N–H and O–H groups in total. The lowest BCUT2D eigenvalue weighted by atomic mass is 10.1. The quantitative estimate of drug-likeness (QED) is 0.667. The molecule has 0 saturated carbocycles. The summed E-state index contributed by atoms with van der Waals surface area (Å²) in [5, 5.41) is 14.4. The zero-order chi connectivity index (χ0) is 15.0. The van der Waals surface area contributed by atoms with Gasteiger partial charge in [0.25, 0.3) is 5.69 Å². The minimum atomic E-state index is -0.484. The number of nitrogens with zero attached hydrogens (tertiary/aromatic N) is 1. The fourth-order valence-electron chi connectivity index (χ4n) is 2.75. The van der Waals surface area contributed by atoms with Crippen LogP contribution < -0.4 is 11.1 Å². The predicted octanol–water partition coefficient (Wildman–Crippen LogP) is 3.80. The Bertz CT molecular complexity index is 705. The summed E-state index contributed by atoms with van der Waals surface area (Å²) in [4.78, 5) is 10.5. The highest BCUT2D eigenvalue weighted by Crippen LogP contribution is 2.39. The first-order valence-corrected chi connectivity index (χ1v) is 6.99. The molecule has 0 aliphatic heterocycles. The summed E-state index contributed by atoms with van der Waals surface area (Å²) in [5.41, 5.74) is 8.96. The zero-order valence-corrected chi connectivity index (χ0v) is 11.9. The Morgan fingerprint density at radius 3 is 2.67 bits per heavy atom. The van der Waals surface area contributed by atoms with Crippen molar-refractivity contribution in [3.05, 3.63) is 68.7 Å². The Morgan fingerprint density at radius 2 is 1.95 bits per heavy atom. The van der Waals surface area contributed by atoms with Gasteiger partial charge in [0, 0.05) is 17.8 Å². The average Bonchev–Trinajstić information content (AvgIpc) is 2.78. The Labute approximate surface area is 126 Å². The standard InChI is InChI=1S/C15H14ClN3O2/c16-12-6-5-9(7-15(12)19(20)21)18-14-8-13(17)10-3-1-2-4-11(10)14/h1-7,13-14,18H,8,17H2. The highest BCUT2D eigenvalue weighted by molar-refractivity contribution is 6.32. The van der Waals surface area contributed by atoms with Gasteiger partial charge in [-0.15, -0.1) is 0 Å². The van der Waals surface area contributed by atoms with E-state index >= 15 is 0 Å². The molecular formula is C15H14ClN3O2. The molecule has 108 valence electrons. The molecule has 5 nitrogen and oxygen atoms in total. The van der Waals surface area contributed by atoms with E-state index in [1.807, 2.05) is 24.3 Å². The van der Waals surface area contributed by atoms with E-state index in [1.54, 1.807) is 6.07 Å². The average molecular weight is 304 g/mol. The van der Waals surface area contributed by atoms with Crippen LogP contribution in [0.4, 0.5) is 11.4 Å². The van der Waals surface area contributed by atoms with Gasteiger partial charge >= 0.3 is 0 Å². The number of nitro benzene ring substituents is 1. The third-order valence-corrected chi connectivity index (χ3v) is 4.06. The molecule has 3 rings (SSSR count). The fraction of sp³-hybridized carbons (Fsp3) is 0.200. The fourth-order valence-corrected chi connectivity index (χ4v) is 2.94. The lowest BCUT2D eigenvalue weighted by molar-refractivity contribution is -0.384. The predicted molar refractivity (Wildman–Crippen MR) is 82.5 cm³/mol. The second kappa shape index (κ2) is 5.35. The molecule has 2 unspecified atom stereocenters. The SMILES string of the molecule is NC1CC(Nc2ccc(Cl)c([N+](=O)[O-])c2)c2ccccc21. The van der Waals surface area contributed by atoms with Gasteiger partial charge in [-0.3, -0.25) is 10.1 Å². The third-order valence-electron chi connectivity index (χ3n) is 3.74. The molecule has 2 aromatic carbocycles. The van der Waals surface area contributed by atoms with Crippen LogP contribution >= 0.6 is 11.6 Å². The number of rotatable bonds is 3. The lowest BCUT2D eigenvalue weighted by Gasteiger charge is -2.15. The first-order valence-electron chi connectivity index (χ1n) is 6.61.